The summed E-state index contributed by atoms with van der Waals surface area (Å²) in [4.78, 5) is 16.9. The van der Waals surface area contributed by atoms with Crippen molar-refractivity contribution in [3.63, 3.8) is 0 Å². The molecule has 8 heteroatoms. The maximum Gasteiger partial charge on any atom is 0.272 e. The number of amides is 1. The number of fused-ring (bicyclic) bond motifs is 1. The Morgan fingerprint density at radius 2 is 1.52 bits per heavy atom. The molecule has 0 fully saturated rings. The van der Waals surface area contributed by atoms with Gasteiger partial charge < -0.3 is 15.0 Å². The quantitative estimate of drug-likeness (QED) is 0.198. The monoisotopic (exact) mass is 553 g/mol. The van der Waals surface area contributed by atoms with Crippen LogP contribution < -0.4 is 14.8 Å². The number of sulfonamides is 1. The number of hydrogen-bond donors (Lipinski definition) is 3. The first kappa shape index (κ1) is 27.0. The molecule has 0 aliphatic rings. The number of nitrogens with one attached hydrogen (secondary N) is 3. The summed E-state index contributed by atoms with van der Waals surface area (Å²) in [5.74, 6) is 0.195. The van der Waals surface area contributed by atoms with Gasteiger partial charge in [-0.05, 0) is 59.0 Å². The summed E-state index contributed by atoms with van der Waals surface area (Å²) < 4.78 is 34.6. The van der Waals surface area contributed by atoms with Crippen LogP contribution in [0.3, 0.4) is 0 Å². The highest BCUT2D eigenvalue weighted by Gasteiger charge is 2.22. The zero-order valence-corrected chi connectivity index (χ0v) is 23.6. The summed E-state index contributed by atoms with van der Waals surface area (Å²) in [5.41, 5.74) is 4.42. The second kappa shape index (κ2) is 10.5. The molecule has 0 saturated carbocycles. The first-order valence-electron chi connectivity index (χ1n) is 12.9. The predicted octanol–water partition coefficient (Wildman–Crippen LogP) is 7.19. The fraction of sp³-hybridized carbons (Fsp3) is 0.156. The zero-order chi connectivity index (χ0) is 28.5. The van der Waals surface area contributed by atoms with Gasteiger partial charge in [0, 0.05) is 22.2 Å². The number of rotatable bonds is 7. The maximum absolute atomic E-state index is 13.5. The number of carbonyl (C=O) groups excluding carboxylic acids is 1. The van der Waals surface area contributed by atoms with Gasteiger partial charge in [0.2, 0.25) is 0 Å². The Morgan fingerprint density at radius 1 is 0.850 bits per heavy atom. The lowest BCUT2D eigenvalue weighted by molar-refractivity contribution is 0.102. The summed E-state index contributed by atoms with van der Waals surface area (Å²) in [5, 5.41) is 3.64. The molecule has 0 unspecified atom stereocenters. The first-order valence-corrected chi connectivity index (χ1v) is 14.3. The lowest BCUT2D eigenvalue weighted by Crippen LogP contribution is -2.14. The number of anilines is 2. The smallest absolute Gasteiger partial charge is 0.272 e. The minimum absolute atomic E-state index is 0.0848. The van der Waals surface area contributed by atoms with Crippen LogP contribution in [0.2, 0.25) is 0 Å². The molecule has 0 bridgehead atoms. The highest BCUT2D eigenvalue weighted by atomic mass is 32.2. The molecule has 0 saturated heterocycles. The molecule has 7 nitrogen and oxygen atoms in total. The Morgan fingerprint density at radius 3 is 2.20 bits per heavy atom. The number of methoxy groups -OCH3 is 1. The number of para-hydroxylation sites is 2. The minimum Gasteiger partial charge on any atom is -0.495 e. The molecule has 0 aliphatic heterocycles. The Kier molecular flexibility index (Phi) is 7.12. The number of benzene rings is 4. The summed E-state index contributed by atoms with van der Waals surface area (Å²) in [6.45, 7) is 6.24. The molecule has 204 valence electrons. The lowest BCUT2D eigenvalue weighted by atomic mass is 9.87. The van der Waals surface area contributed by atoms with Gasteiger partial charge in [-0.3, -0.25) is 9.52 Å². The van der Waals surface area contributed by atoms with E-state index in [1.165, 1.54) is 0 Å². The molecule has 5 rings (SSSR count). The molecule has 0 radical (unpaired) electrons. The standard InChI is InChI=1S/C32H31N3O4S/c1-32(2,3)22-14-17-24(18-15-22)40(37,38)35-23-16-19-26-25(20-23)29(21-10-6-5-7-11-21)30(33-26)31(36)34-27-12-8-9-13-28(27)39-4/h5-20,33,35H,1-4H3,(H,34,36). The highest BCUT2D eigenvalue weighted by Crippen LogP contribution is 2.36. The Balaban J connectivity index is 1.54. The van der Waals surface area contributed by atoms with Crippen LogP contribution in [0.15, 0.2) is 102 Å². The number of carbonyl (C=O) groups is 1. The van der Waals surface area contributed by atoms with E-state index in [0.717, 1.165) is 11.1 Å². The summed E-state index contributed by atoms with van der Waals surface area (Å²) in [6, 6.07) is 28.8. The second-order valence-corrected chi connectivity index (χ2v) is 12.2. The highest BCUT2D eigenvalue weighted by molar-refractivity contribution is 7.92. The van der Waals surface area contributed by atoms with Gasteiger partial charge in [0.25, 0.3) is 15.9 Å². The second-order valence-electron chi connectivity index (χ2n) is 10.5. The Hall–Kier alpha value is -4.56. The maximum atomic E-state index is 13.5. The van der Waals surface area contributed by atoms with E-state index in [2.05, 4.69) is 35.8 Å². The topological polar surface area (TPSA) is 100 Å². The van der Waals surface area contributed by atoms with Crippen LogP contribution in [-0.4, -0.2) is 26.4 Å². The summed E-state index contributed by atoms with van der Waals surface area (Å²) in [6.07, 6.45) is 0. The van der Waals surface area contributed by atoms with E-state index in [9.17, 15) is 13.2 Å². The molecule has 1 aromatic heterocycles. The van der Waals surface area contributed by atoms with Gasteiger partial charge in [0.1, 0.15) is 11.4 Å². The zero-order valence-electron chi connectivity index (χ0n) is 22.8. The third kappa shape index (κ3) is 5.44. The van der Waals surface area contributed by atoms with Gasteiger partial charge in [0.05, 0.1) is 17.7 Å². The van der Waals surface area contributed by atoms with Crippen molar-refractivity contribution in [2.24, 2.45) is 0 Å². The molecule has 1 heterocycles. The molecule has 40 heavy (non-hydrogen) atoms. The molecule has 4 aromatic carbocycles. The van der Waals surface area contributed by atoms with Crippen LogP contribution in [0.25, 0.3) is 22.0 Å². The van der Waals surface area contributed by atoms with Crippen LogP contribution in [0.1, 0.15) is 36.8 Å². The van der Waals surface area contributed by atoms with Crippen LogP contribution >= 0.6 is 0 Å². The van der Waals surface area contributed by atoms with E-state index in [0.29, 0.717) is 39.3 Å². The fourth-order valence-corrected chi connectivity index (χ4v) is 5.66. The van der Waals surface area contributed by atoms with Gasteiger partial charge in [0.15, 0.2) is 0 Å². The predicted molar refractivity (Wildman–Crippen MR) is 161 cm³/mol. The van der Waals surface area contributed by atoms with Crippen molar-refractivity contribution in [3.8, 4) is 16.9 Å². The van der Waals surface area contributed by atoms with Crippen molar-refractivity contribution in [2.45, 2.75) is 31.1 Å². The first-order chi connectivity index (χ1) is 19.1. The van der Waals surface area contributed by atoms with Crippen molar-refractivity contribution in [3.05, 3.63) is 108 Å². The Labute approximate surface area is 234 Å². The third-order valence-corrected chi connectivity index (χ3v) is 8.12. The van der Waals surface area contributed by atoms with Gasteiger partial charge in [-0.1, -0.05) is 75.4 Å². The molecule has 0 atom stereocenters. The van der Waals surface area contributed by atoms with Crippen LogP contribution in [0.4, 0.5) is 11.4 Å². The summed E-state index contributed by atoms with van der Waals surface area (Å²) in [7, 11) is -2.29. The third-order valence-electron chi connectivity index (χ3n) is 6.73. The molecule has 0 spiro atoms. The van der Waals surface area contributed by atoms with E-state index >= 15 is 0 Å². The van der Waals surface area contributed by atoms with Gasteiger partial charge >= 0.3 is 0 Å². The van der Waals surface area contributed by atoms with E-state index in [-0.39, 0.29) is 16.2 Å². The number of ether oxygens (including phenoxy) is 1. The molecule has 5 aromatic rings. The van der Waals surface area contributed by atoms with Crippen molar-refractivity contribution < 1.29 is 17.9 Å². The van der Waals surface area contributed by atoms with Crippen molar-refractivity contribution in [1.29, 1.82) is 0 Å². The van der Waals surface area contributed by atoms with E-state index < -0.39 is 10.0 Å². The van der Waals surface area contributed by atoms with Crippen molar-refractivity contribution >= 4 is 38.2 Å². The fourth-order valence-electron chi connectivity index (χ4n) is 4.61. The number of aromatic nitrogens is 1. The molecule has 0 aliphatic carbocycles. The number of H-pyrrole nitrogens is 1. The average molecular weight is 554 g/mol. The SMILES string of the molecule is COc1ccccc1NC(=O)c1[nH]c2ccc(NS(=O)(=O)c3ccc(C(C)(C)C)cc3)cc2c1-c1ccccc1. The Bertz CT molecular complexity index is 1790. The largest absolute Gasteiger partial charge is 0.495 e. The molecule has 1 amide bonds. The van der Waals surface area contributed by atoms with Crippen molar-refractivity contribution in [2.75, 3.05) is 17.1 Å². The summed E-state index contributed by atoms with van der Waals surface area (Å²) >= 11 is 0. The van der Waals surface area contributed by atoms with Gasteiger partial charge in [-0.25, -0.2) is 8.42 Å². The lowest BCUT2D eigenvalue weighted by Gasteiger charge is -2.19. The van der Waals surface area contributed by atoms with Crippen LogP contribution in [0.5, 0.6) is 5.75 Å². The minimum atomic E-state index is -3.83. The van der Waals surface area contributed by atoms with E-state index in [1.54, 1.807) is 49.6 Å². The molecular formula is C32H31N3O4S. The van der Waals surface area contributed by atoms with Crippen LogP contribution in [-0.2, 0) is 15.4 Å². The van der Waals surface area contributed by atoms with Crippen LogP contribution in [0, 0.1) is 0 Å². The van der Waals surface area contributed by atoms with Crippen molar-refractivity contribution in [1.82, 2.24) is 4.98 Å². The average Bonchev–Trinajstić information content (AvgIpc) is 3.32. The number of hydrogen-bond acceptors (Lipinski definition) is 4. The molecular weight excluding hydrogens is 522 g/mol. The van der Waals surface area contributed by atoms with E-state index in [4.69, 9.17) is 4.74 Å². The van der Waals surface area contributed by atoms with Gasteiger partial charge in [-0.15, -0.1) is 0 Å². The normalized spacial score (nSPS) is 11.8. The number of aromatic amines is 1. The van der Waals surface area contributed by atoms with E-state index in [1.807, 2.05) is 54.6 Å². The van der Waals surface area contributed by atoms with Gasteiger partial charge in [-0.2, -0.15) is 0 Å². The molecule has 3 N–H and O–H groups in total.